The lowest BCUT2D eigenvalue weighted by atomic mass is 10.1. The van der Waals surface area contributed by atoms with Crippen LogP contribution in [-0.2, 0) is 6.18 Å². The highest BCUT2D eigenvalue weighted by molar-refractivity contribution is 5.90. The number of fused-ring (bicyclic) bond motifs is 1. The van der Waals surface area contributed by atoms with Gasteiger partial charge in [-0.3, -0.25) is 0 Å². The number of alkyl halides is 5. The van der Waals surface area contributed by atoms with Crippen molar-refractivity contribution in [1.82, 2.24) is 20.1 Å². The van der Waals surface area contributed by atoms with E-state index in [1.807, 2.05) is 0 Å². The van der Waals surface area contributed by atoms with Crippen LogP contribution in [-0.4, -0.2) is 33.1 Å². The Labute approximate surface area is 159 Å². The predicted molar refractivity (Wildman–Crippen MR) is 91.3 cm³/mol. The van der Waals surface area contributed by atoms with E-state index in [0.717, 1.165) is 12.1 Å². The topological polar surface area (TPSA) is 76.8 Å². The number of aromatic amines is 1. The van der Waals surface area contributed by atoms with Gasteiger partial charge in [-0.25, -0.2) is 13.8 Å². The molecule has 0 aliphatic rings. The van der Waals surface area contributed by atoms with Crippen molar-refractivity contribution in [1.29, 1.82) is 0 Å². The van der Waals surface area contributed by atoms with E-state index < -0.39 is 30.5 Å². The van der Waals surface area contributed by atoms with Crippen molar-refractivity contribution < 1.29 is 31.2 Å². The third kappa shape index (κ3) is 3.75. The predicted octanol–water partition coefficient (Wildman–Crippen LogP) is 4.94. The van der Waals surface area contributed by atoms with Crippen molar-refractivity contribution in [3.63, 3.8) is 0 Å². The Morgan fingerprint density at radius 3 is 2.72 bits per heavy atom. The van der Waals surface area contributed by atoms with Gasteiger partial charge in [0.2, 0.25) is 5.82 Å². The molecule has 29 heavy (non-hydrogen) atoms. The van der Waals surface area contributed by atoms with Crippen LogP contribution < -0.4 is 4.74 Å². The van der Waals surface area contributed by atoms with Crippen molar-refractivity contribution in [3.05, 3.63) is 48.3 Å². The lowest BCUT2D eigenvalue weighted by Crippen LogP contribution is -2.13. The summed E-state index contributed by atoms with van der Waals surface area (Å²) in [6, 6.07) is 6.29. The molecule has 0 radical (unpaired) electrons. The number of pyridine rings is 1. The number of ether oxygens (including phenoxy) is 1. The first-order valence-electron chi connectivity index (χ1n) is 8.21. The molecule has 0 unspecified atom stereocenters. The Morgan fingerprint density at radius 2 is 1.97 bits per heavy atom. The molecule has 4 rings (SSSR count). The standard InChI is InChI=1S/C18H11F5N4O2/c19-14(20)8-28-13-2-1-9(7-12(13)18(21,22)23)17-26-16(27-29-17)11-4-6-25-15-10(11)3-5-24-15/h1-7,14H,8H2,(H,24,25). The van der Waals surface area contributed by atoms with Crippen LogP contribution in [0.4, 0.5) is 22.0 Å². The summed E-state index contributed by atoms with van der Waals surface area (Å²) in [5.41, 5.74) is -0.0694. The zero-order valence-electron chi connectivity index (χ0n) is 14.4. The van der Waals surface area contributed by atoms with Crippen LogP contribution in [0.15, 0.2) is 47.2 Å². The molecule has 0 spiro atoms. The smallest absolute Gasteiger partial charge is 0.419 e. The highest BCUT2D eigenvalue weighted by atomic mass is 19.4. The summed E-state index contributed by atoms with van der Waals surface area (Å²) >= 11 is 0. The van der Waals surface area contributed by atoms with Gasteiger partial charge in [0.15, 0.2) is 0 Å². The van der Waals surface area contributed by atoms with Crippen molar-refractivity contribution in [3.8, 4) is 28.6 Å². The molecular formula is C18H11F5N4O2. The average Bonchev–Trinajstić information content (AvgIpc) is 3.34. The largest absolute Gasteiger partial charge is 0.487 e. The SMILES string of the molecule is FC(F)COc1ccc(-c2nc(-c3ccnc4[nH]ccc34)no2)cc1C(F)(F)F. The summed E-state index contributed by atoms with van der Waals surface area (Å²) in [5, 5.41) is 4.54. The summed E-state index contributed by atoms with van der Waals surface area (Å²) in [7, 11) is 0. The molecule has 11 heteroatoms. The van der Waals surface area contributed by atoms with E-state index in [9.17, 15) is 22.0 Å². The lowest BCUT2D eigenvalue weighted by Gasteiger charge is -2.14. The van der Waals surface area contributed by atoms with Gasteiger partial charge in [0.1, 0.15) is 18.0 Å². The molecule has 150 valence electrons. The first-order valence-corrected chi connectivity index (χ1v) is 8.21. The molecule has 0 saturated heterocycles. The Bertz CT molecular complexity index is 1150. The van der Waals surface area contributed by atoms with E-state index >= 15 is 0 Å². The van der Waals surface area contributed by atoms with Crippen molar-refractivity contribution >= 4 is 11.0 Å². The fourth-order valence-corrected chi connectivity index (χ4v) is 2.77. The third-order valence-electron chi connectivity index (χ3n) is 4.02. The van der Waals surface area contributed by atoms with Crippen LogP contribution in [0.1, 0.15) is 5.56 Å². The number of H-pyrrole nitrogens is 1. The number of halogens is 5. The highest BCUT2D eigenvalue weighted by Gasteiger charge is 2.35. The van der Waals surface area contributed by atoms with Crippen LogP contribution in [0.25, 0.3) is 33.9 Å². The number of aromatic nitrogens is 4. The number of rotatable bonds is 5. The van der Waals surface area contributed by atoms with Crippen LogP contribution >= 0.6 is 0 Å². The fraction of sp³-hybridized carbons (Fsp3) is 0.167. The molecule has 4 aromatic rings. The lowest BCUT2D eigenvalue weighted by molar-refractivity contribution is -0.139. The minimum Gasteiger partial charge on any atom is -0.487 e. The molecule has 6 nitrogen and oxygen atoms in total. The molecular weight excluding hydrogens is 399 g/mol. The second-order valence-electron chi connectivity index (χ2n) is 5.93. The van der Waals surface area contributed by atoms with Gasteiger partial charge in [-0.1, -0.05) is 5.16 Å². The van der Waals surface area contributed by atoms with Gasteiger partial charge < -0.3 is 14.2 Å². The Hall–Kier alpha value is -3.50. The average molecular weight is 410 g/mol. The molecule has 0 aliphatic heterocycles. The maximum Gasteiger partial charge on any atom is 0.419 e. The van der Waals surface area contributed by atoms with Gasteiger partial charge in [0.05, 0.1) is 5.56 Å². The van der Waals surface area contributed by atoms with Crippen molar-refractivity contribution in [2.24, 2.45) is 0 Å². The van der Waals surface area contributed by atoms with Gasteiger partial charge in [-0.05, 0) is 30.3 Å². The minimum atomic E-state index is -4.82. The van der Waals surface area contributed by atoms with Gasteiger partial charge in [-0.2, -0.15) is 18.2 Å². The fourth-order valence-electron chi connectivity index (χ4n) is 2.77. The zero-order valence-corrected chi connectivity index (χ0v) is 14.4. The van der Waals surface area contributed by atoms with E-state index in [2.05, 4.69) is 24.8 Å². The van der Waals surface area contributed by atoms with Crippen molar-refractivity contribution in [2.75, 3.05) is 6.61 Å². The molecule has 0 amide bonds. The van der Waals surface area contributed by atoms with Crippen molar-refractivity contribution in [2.45, 2.75) is 12.6 Å². The number of hydrogen-bond donors (Lipinski definition) is 1. The van der Waals surface area contributed by atoms with E-state index in [1.54, 1.807) is 18.3 Å². The molecule has 3 aromatic heterocycles. The number of nitrogens with one attached hydrogen (secondary N) is 1. The van der Waals surface area contributed by atoms with Crippen LogP contribution in [0.3, 0.4) is 0 Å². The normalized spacial score (nSPS) is 12.1. The molecule has 1 N–H and O–H groups in total. The first-order chi connectivity index (χ1) is 13.8. The summed E-state index contributed by atoms with van der Waals surface area (Å²) < 4.78 is 74.3. The quantitative estimate of drug-likeness (QED) is 0.472. The second kappa shape index (κ2) is 7.15. The summed E-state index contributed by atoms with van der Waals surface area (Å²) in [6.07, 6.45) is -4.52. The maximum absolute atomic E-state index is 13.3. The summed E-state index contributed by atoms with van der Waals surface area (Å²) in [6.45, 7) is -1.15. The Kier molecular flexibility index (Phi) is 4.65. The zero-order chi connectivity index (χ0) is 20.6. The molecule has 1 aromatic carbocycles. The van der Waals surface area contributed by atoms with Gasteiger partial charge >= 0.3 is 6.18 Å². The van der Waals surface area contributed by atoms with E-state index in [4.69, 9.17) is 4.52 Å². The minimum absolute atomic E-state index is 0.0279. The van der Waals surface area contributed by atoms with Crippen LogP contribution in [0.2, 0.25) is 0 Å². The van der Waals surface area contributed by atoms with Crippen LogP contribution in [0.5, 0.6) is 5.75 Å². The maximum atomic E-state index is 13.3. The Balaban J connectivity index is 1.71. The van der Waals surface area contributed by atoms with E-state index in [1.165, 1.54) is 12.3 Å². The first kappa shape index (κ1) is 18.8. The van der Waals surface area contributed by atoms with E-state index in [0.29, 0.717) is 16.6 Å². The molecule has 0 saturated carbocycles. The molecule has 0 bridgehead atoms. The molecule has 0 atom stereocenters. The number of hydrogen-bond acceptors (Lipinski definition) is 5. The molecule has 3 heterocycles. The Morgan fingerprint density at radius 1 is 1.14 bits per heavy atom. The second-order valence-corrected chi connectivity index (χ2v) is 5.93. The molecule has 0 aliphatic carbocycles. The molecule has 0 fully saturated rings. The third-order valence-corrected chi connectivity index (χ3v) is 4.02. The summed E-state index contributed by atoms with van der Waals surface area (Å²) in [5.74, 6) is -0.700. The number of benzene rings is 1. The highest BCUT2D eigenvalue weighted by Crippen LogP contribution is 2.39. The monoisotopic (exact) mass is 410 g/mol. The van der Waals surface area contributed by atoms with Gasteiger partial charge in [0.25, 0.3) is 12.3 Å². The van der Waals surface area contributed by atoms with Gasteiger partial charge in [0, 0.05) is 28.9 Å². The van der Waals surface area contributed by atoms with E-state index in [-0.39, 0.29) is 17.3 Å². The van der Waals surface area contributed by atoms with Crippen LogP contribution in [0, 0.1) is 0 Å². The summed E-state index contributed by atoms with van der Waals surface area (Å²) in [4.78, 5) is 11.2. The van der Waals surface area contributed by atoms with Gasteiger partial charge in [-0.15, -0.1) is 0 Å². The number of nitrogens with zero attached hydrogens (tertiary/aromatic N) is 3.